The molecule has 0 atom stereocenters. The van der Waals surface area contributed by atoms with Crippen molar-refractivity contribution >= 4 is 17.7 Å². The number of hydrogen-bond acceptors (Lipinski definition) is 5. The number of rotatable bonds is 9. The Morgan fingerprint density at radius 2 is 1.76 bits per heavy atom. The Morgan fingerprint density at radius 3 is 2.32 bits per heavy atom. The smallest absolute Gasteiger partial charge is 0.321 e. The second-order valence-electron chi connectivity index (χ2n) is 11.7. The van der Waals surface area contributed by atoms with Gasteiger partial charge in [0, 0.05) is 30.5 Å². The summed E-state index contributed by atoms with van der Waals surface area (Å²) in [6.07, 6.45) is 8.88. The highest BCUT2D eigenvalue weighted by molar-refractivity contribution is 5.92. The number of nitrogens with zero attached hydrogens (tertiary/aromatic N) is 4. The van der Waals surface area contributed by atoms with E-state index in [2.05, 4.69) is 59.2 Å². The van der Waals surface area contributed by atoms with Crippen LogP contribution < -0.4 is 5.73 Å². The molecule has 8 nitrogen and oxygen atoms in total. The predicted molar refractivity (Wildman–Crippen MR) is 145 cm³/mol. The summed E-state index contributed by atoms with van der Waals surface area (Å²) < 4.78 is 0. The fraction of sp³-hybridized carbons (Fsp3) is 0.533. The zero-order chi connectivity index (χ0) is 26.9. The molecular formula is C30H39N5O3. The van der Waals surface area contributed by atoms with Crippen LogP contribution in [0.1, 0.15) is 66.6 Å². The molecule has 2 saturated carbocycles. The first-order valence-electron chi connectivity index (χ1n) is 13.8. The Labute approximate surface area is 225 Å². The molecule has 3 aliphatic rings. The summed E-state index contributed by atoms with van der Waals surface area (Å²) in [6.45, 7) is 1.47. The van der Waals surface area contributed by atoms with Gasteiger partial charge in [-0.15, -0.1) is 0 Å². The molecule has 1 aliphatic heterocycles. The van der Waals surface area contributed by atoms with Gasteiger partial charge in [-0.3, -0.25) is 19.5 Å². The minimum atomic E-state index is -0.548. The van der Waals surface area contributed by atoms with Crippen molar-refractivity contribution in [3.05, 3.63) is 65.5 Å². The van der Waals surface area contributed by atoms with E-state index in [1.807, 2.05) is 0 Å². The zero-order valence-electron chi connectivity index (χ0n) is 22.6. The average Bonchev–Trinajstić information content (AvgIpc) is 3.12. The number of pyridine rings is 1. The zero-order valence-corrected chi connectivity index (χ0v) is 22.6. The van der Waals surface area contributed by atoms with Gasteiger partial charge in [0.15, 0.2) is 5.78 Å². The number of carbonyl (C=O) groups is 3. The summed E-state index contributed by atoms with van der Waals surface area (Å²) >= 11 is 0. The molecule has 2 heterocycles. The van der Waals surface area contributed by atoms with E-state index in [9.17, 15) is 14.4 Å². The van der Waals surface area contributed by atoms with Crippen LogP contribution in [-0.2, 0) is 16.8 Å². The lowest BCUT2D eigenvalue weighted by Crippen LogP contribution is -2.56. The Morgan fingerprint density at radius 1 is 1.05 bits per heavy atom. The summed E-state index contributed by atoms with van der Waals surface area (Å²) in [5.74, 6) is -0.0388. The Bertz CT molecular complexity index is 1170. The molecule has 0 radical (unpaired) electrons. The quantitative estimate of drug-likeness (QED) is 0.548. The van der Waals surface area contributed by atoms with Crippen molar-refractivity contribution in [3.63, 3.8) is 0 Å². The molecular weight excluding hydrogens is 478 g/mol. The van der Waals surface area contributed by atoms with E-state index in [0.29, 0.717) is 23.7 Å². The largest absolute Gasteiger partial charge is 0.366 e. The molecule has 2 aromatic rings. The Balaban J connectivity index is 1.32. The monoisotopic (exact) mass is 517 g/mol. The van der Waals surface area contributed by atoms with Gasteiger partial charge in [-0.05, 0) is 76.2 Å². The predicted octanol–water partition coefficient (Wildman–Crippen LogP) is 3.60. The van der Waals surface area contributed by atoms with E-state index in [0.717, 1.165) is 32.2 Å². The fourth-order valence-electron chi connectivity index (χ4n) is 6.66. The molecule has 3 fully saturated rings. The van der Waals surface area contributed by atoms with Crippen molar-refractivity contribution in [2.24, 2.45) is 11.7 Å². The number of primary amides is 1. The van der Waals surface area contributed by atoms with Crippen LogP contribution in [0.3, 0.4) is 0 Å². The summed E-state index contributed by atoms with van der Waals surface area (Å²) in [5.41, 5.74) is 7.22. The third-order valence-corrected chi connectivity index (χ3v) is 9.25. The number of carbonyl (C=O) groups excluding carboxylic acids is 3. The van der Waals surface area contributed by atoms with E-state index >= 15 is 0 Å². The first-order chi connectivity index (χ1) is 18.2. The standard InChI is InChI=1S/C30H39N5O3/c1-33(2)30(24-9-4-3-5-10-24)15-13-29(14-16-30)21-34(28(38)35(29)19-22-7-6-8-22)20-26(36)17-25-12-11-23(18-32-25)27(31)37/h3-5,9-12,18,22H,6-8,13-17,19-21H2,1-2H3,(H2,31,37). The minimum Gasteiger partial charge on any atom is -0.366 e. The van der Waals surface area contributed by atoms with Crippen LogP contribution in [0.4, 0.5) is 4.79 Å². The SMILES string of the molecule is CN(C)C1(c2ccccc2)CCC2(CC1)CN(CC(=O)Cc1ccc(C(N)=O)cn1)C(=O)N2CC1CCC1. The van der Waals surface area contributed by atoms with Crippen molar-refractivity contribution in [2.75, 3.05) is 33.7 Å². The molecule has 5 rings (SSSR count). The summed E-state index contributed by atoms with van der Waals surface area (Å²) in [5, 5.41) is 0. The molecule has 1 saturated heterocycles. The topological polar surface area (TPSA) is 99.8 Å². The summed E-state index contributed by atoms with van der Waals surface area (Å²) in [4.78, 5) is 48.5. The summed E-state index contributed by atoms with van der Waals surface area (Å²) in [7, 11) is 4.32. The van der Waals surface area contributed by atoms with Gasteiger partial charge in [0.05, 0.1) is 24.1 Å². The molecule has 8 heteroatoms. The van der Waals surface area contributed by atoms with Crippen molar-refractivity contribution in [2.45, 2.75) is 62.4 Å². The van der Waals surface area contributed by atoms with E-state index in [1.165, 1.54) is 31.0 Å². The number of nitrogens with two attached hydrogens (primary N) is 1. The Hall–Kier alpha value is -3.26. The van der Waals surface area contributed by atoms with Crippen molar-refractivity contribution in [1.82, 2.24) is 19.7 Å². The van der Waals surface area contributed by atoms with E-state index in [1.54, 1.807) is 17.0 Å². The van der Waals surface area contributed by atoms with E-state index < -0.39 is 5.91 Å². The van der Waals surface area contributed by atoms with Crippen LogP contribution in [0.25, 0.3) is 0 Å². The first kappa shape index (κ1) is 26.4. The highest BCUT2D eigenvalue weighted by Crippen LogP contribution is 2.49. The fourth-order valence-corrected chi connectivity index (χ4v) is 6.66. The van der Waals surface area contributed by atoms with Crippen LogP contribution in [-0.4, -0.2) is 76.7 Å². The lowest BCUT2D eigenvalue weighted by molar-refractivity contribution is -0.119. The average molecular weight is 518 g/mol. The van der Waals surface area contributed by atoms with Gasteiger partial charge in [-0.2, -0.15) is 0 Å². The number of Topliss-reactive ketones (excluding diaryl/α,β-unsaturated/α-hetero) is 1. The van der Waals surface area contributed by atoms with Gasteiger partial charge in [0.2, 0.25) is 5.91 Å². The van der Waals surface area contributed by atoms with Gasteiger partial charge >= 0.3 is 6.03 Å². The molecule has 202 valence electrons. The van der Waals surface area contributed by atoms with Crippen LogP contribution in [0, 0.1) is 5.92 Å². The van der Waals surface area contributed by atoms with Crippen LogP contribution in [0.15, 0.2) is 48.7 Å². The molecule has 0 unspecified atom stereocenters. The number of hydrogen-bond donors (Lipinski definition) is 1. The Kier molecular flexibility index (Phi) is 7.27. The minimum absolute atomic E-state index is 0.000602. The van der Waals surface area contributed by atoms with Crippen LogP contribution in [0.5, 0.6) is 0 Å². The molecule has 3 amide bonds. The van der Waals surface area contributed by atoms with E-state index in [-0.39, 0.29) is 35.9 Å². The highest BCUT2D eigenvalue weighted by atomic mass is 16.2. The molecule has 1 aromatic carbocycles. The van der Waals surface area contributed by atoms with Gasteiger partial charge in [0.1, 0.15) is 0 Å². The van der Waals surface area contributed by atoms with Crippen LogP contribution >= 0.6 is 0 Å². The highest BCUT2D eigenvalue weighted by Gasteiger charge is 2.55. The van der Waals surface area contributed by atoms with Gasteiger partial charge in [-0.1, -0.05) is 36.8 Å². The maximum Gasteiger partial charge on any atom is 0.321 e. The first-order valence-corrected chi connectivity index (χ1v) is 13.8. The number of amides is 3. The lowest BCUT2D eigenvalue weighted by atomic mass is 9.68. The second kappa shape index (κ2) is 10.5. The molecule has 2 aliphatic carbocycles. The number of aromatic nitrogens is 1. The van der Waals surface area contributed by atoms with E-state index in [4.69, 9.17) is 5.73 Å². The number of benzene rings is 1. The van der Waals surface area contributed by atoms with Crippen molar-refractivity contribution in [1.29, 1.82) is 0 Å². The lowest BCUT2D eigenvalue weighted by Gasteiger charge is -2.51. The van der Waals surface area contributed by atoms with Crippen molar-refractivity contribution in [3.8, 4) is 0 Å². The molecule has 1 aromatic heterocycles. The number of ketones is 1. The van der Waals surface area contributed by atoms with Crippen LogP contribution in [0.2, 0.25) is 0 Å². The third kappa shape index (κ3) is 4.94. The second-order valence-corrected chi connectivity index (χ2v) is 11.7. The molecule has 38 heavy (non-hydrogen) atoms. The number of urea groups is 1. The third-order valence-electron chi connectivity index (χ3n) is 9.25. The van der Waals surface area contributed by atoms with Gasteiger partial charge < -0.3 is 15.5 Å². The van der Waals surface area contributed by atoms with Gasteiger partial charge in [-0.25, -0.2) is 4.79 Å². The maximum atomic E-state index is 13.7. The molecule has 0 bridgehead atoms. The summed E-state index contributed by atoms with van der Waals surface area (Å²) in [6, 6.07) is 14.0. The maximum absolute atomic E-state index is 13.7. The molecule has 1 spiro atoms. The van der Waals surface area contributed by atoms with Gasteiger partial charge in [0.25, 0.3) is 0 Å². The molecule has 2 N–H and O–H groups in total. The normalized spacial score (nSPS) is 25.7. The van der Waals surface area contributed by atoms with Crippen molar-refractivity contribution < 1.29 is 14.4 Å².